The van der Waals surface area contributed by atoms with Crippen molar-refractivity contribution in [1.29, 1.82) is 0 Å². The molecule has 0 aromatic heterocycles. The lowest BCUT2D eigenvalue weighted by atomic mass is 9.89. The van der Waals surface area contributed by atoms with Crippen LogP contribution in [0.1, 0.15) is 103 Å². The smallest absolute Gasteiger partial charge is 0.252 e. The van der Waals surface area contributed by atoms with Gasteiger partial charge in [0.05, 0.1) is 19.6 Å². The minimum Gasteiger partial charge on any atom is -0.355 e. The second-order valence-electron chi connectivity index (χ2n) is 9.39. The van der Waals surface area contributed by atoms with E-state index in [1.165, 1.54) is 6.08 Å². The lowest BCUT2D eigenvalue weighted by molar-refractivity contribution is -0.134. The first kappa shape index (κ1) is 50.8. The third kappa shape index (κ3) is 27.5. The third-order valence-corrected chi connectivity index (χ3v) is 5.48. The van der Waals surface area contributed by atoms with Crippen molar-refractivity contribution in [3.05, 3.63) is 12.2 Å². The van der Waals surface area contributed by atoms with E-state index < -0.39 is 29.2 Å². The van der Waals surface area contributed by atoms with E-state index in [2.05, 4.69) is 26.6 Å². The van der Waals surface area contributed by atoms with Crippen molar-refractivity contribution >= 4 is 41.9 Å². The van der Waals surface area contributed by atoms with Gasteiger partial charge in [0, 0.05) is 18.5 Å². The molecule has 0 radical (unpaired) electrons. The van der Waals surface area contributed by atoms with Crippen LogP contribution in [0.3, 0.4) is 0 Å². The molecule has 1 unspecified atom stereocenters. The van der Waals surface area contributed by atoms with Crippen LogP contribution in [-0.2, 0) is 33.6 Å². The quantitative estimate of drug-likeness (QED) is 0.134. The van der Waals surface area contributed by atoms with Gasteiger partial charge in [-0.2, -0.15) is 0 Å². The average Bonchev–Trinajstić information content (AvgIpc) is 3.04. The molecule has 7 amide bonds. The molecule has 0 aromatic carbocycles. The maximum Gasteiger partial charge on any atom is 0.252 e. The van der Waals surface area contributed by atoms with E-state index in [0.29, 0.717) is 25.9 Å². The van der Waals surface area contributed by atoms with Crippen molar-refractivity contribution in [1.82, 2.24) is 31.5 Å². The van der Waals surface area contributed by atoms with E-state index in [0.717, 1.165) is 4.90 Å². The van der Waals surface area contributed by atoms with Crippen LogP contribution in [0.25, 0.3) is 0 Å². The molecule has 0 aliphatic heterocycles. The van der Waals surface area contributed by atoms with Gasteiger partial charge in [0.25, 0.3) is 5.91 Å². The molecule has 1 atom stereocenters. The minimum atomic E-state index is -0.848. The van der Waals surface area contributed by atoms with Crippen molar-refractivity contribution in [3.63, 3.8) is 0 Å². The lowest BCUT2D eigenvalue weighted by Crippen LogP contribution is -2.53. The van der Waals surface area contributed by atoms with Gasteiger partial charge in [-0.05, 0) is 39.2 Å². The van der Waals surface area contributed by atoms with Gasteiger partial charge < -0.3 is 26.6 Å². The SMILES string of the molecule is C/C=C\C(=O)N(C=O)CC.CC.CC.CC.CCNC(=O)CNC(=O)C(NC(=O)CNC(=O)CNC(=O)C(C)(C)CC)C(C)C. The van der Waals surface area contributed by atoms with Crippen LogP contribution < -0.4 is 26.6 Å². The number of allylic oxidation sites excluding steroid dienone is 1. The van der Waals surface area contributed by atoms with Crippen LogP contribution in [0, 0.1) is 11.3 Å². The number of carbonyl (C=O) groups is 7. The van der Waals surface area contributed by atoms with Gasteiger partial charge in [0.15, 0.2) is 0 Å². The van der Waals surface area contributed by atoms with Crippen LogP contribution >= 0.6 is 0 Å². The molecule has 0 rings (SSSR count). The van der Waals surface area contributed by atoms with Crippen LogP contribution in [0.2, 0.25) is 0 Å². The van der Waals surface area contributed by atoms with E-state index in [1.807, 2.05) is 48.5 Å². The fraction of sp³-hybridized carbons (Fsp3) is 0.719. The summed E-state index contributed by atoms with van der Waals surface area (Å²) in [5.74, 6) is -2.61. The normalized spacial score (nSPS) is 10.3. The van der Waals surface area contributed by atoms with Gasteiger partial charge in [-0.25, -0.2) is 0 Å². The Labute approximate surface area is 272 Å². The summed E-state index contributed by atoms with van der Waals surface area (Å²) in [5.41, 5.74) is -0.580. The second-order valence-corrected chi connectivity index (χ2v) is 9.39. The summed E-state index contributed by atoms with van der Waals surface area (Å²) in [6.45, 7) is 26.3. The molecule has 0 aliphatic rings. The first-order valence-electron chi connectivity index (χ1n) is 16.0. The number of likely N-dealkylation sites (N-methyl/N-ethyl adjacent to an activating group) is 2. The van der Waals surface area contributed by atoms with Crippen LogP contribution in [0.4, 0.5) is 0 Å². The molecule has 0 bridgehead atoms. The monoisotopic (exact) mass is 644 g/mol. The molecule has 0 spiro atoms. The van der Waals surface area contributed by atoms with E-state index in [-0.39, 0.29) is 43.3 Å². The molecule has 264 valence electrons. The Morgan fingerprint density at radius 1 is 0.733 bits per heavy atom. The van der Waals surface area contributed by atoms with E-state index >= 15 is 0 Å². The number of imide groups is 1. The van der Waals surface area contributed by atoms with Crippen molar-refractivity contribution in [2.24, 2.45) is 11.3 Å². The van der Waals surface area contributed by atoms with Gasteiger partial charge in [0.2, 0.25) is 35.9 Å². The Hall–Kier alpha value is -3.77. The summed E-state index contributed by atoms with van der Waals surface area (Å²) >= 11 is 0. The van der Waals surface area contributed by atoms with Gasteiger partial charge in [-0.15, -0.1) is 0 Å². The molecular formula is C32H64N6O7. The number of amides is 7. The number of nitrogens with one attached hydrogen (secondary N) is 5. The number of rotatable bonds is 15. The van der Waals surface area contributed by atoms with Gasteiger partial charge >= 0.3 is 0 Å². The molecule has 0 saturated carbocycles. The average molecular weight is 645 g/mol. The molecule has 45 heavy (non-hydrogen) atoms. The highest BCUT2D eigenvalue weighted by Crippen LogP contribution is 2.18. The molecule has 0 aliphatic carbocycles. The molecule has 0 saturated heterocycles. The maximum atomic E-state index is 12.2. The van der Waals surface area contributed by atoms with Crippen molar-refractivity contribution in [3.8, 4) is 0 Å². The zero-order chi connectivity index (χ0) is 36.6. The first-order chi connectivity index (χ1) is 21.2. The summed E-state index contributed by atoms with van der Waals surface area (Å²) in [5, 5.41) is 12.5. The number of nitrogens with zero attached hydrogens (tertiary/aromatic N) is 1. The zero-order valence-corrected chi connectivity index (χ0v) is 30.4. The number of carbonyl (C=O) groups excluding carboxylic acids is 7. The molecule has 13 nitrogen and oxygen atoms in total. The predicted molar refractivity (Wildman–Crippen MR) is 181 cm³/mol. The zero-order valence-electron chi connectivity index (χ0n) is 30.4. The van der Waals surface area contributed by atoms with Gasteiger partial charge in [0.1, 0.15) is 6.04 Å². The number of hydrogen-bond acceptors (Lipinski definition) is 7. The van der Waals surface area contributed by atoms with Crippen molar-refractivity contribution in [2.75, 3.05) is 32.7 Å². The third-order valence-electron chi connectivity index (χ3n) is 5.48. The fourth-order valence-corrected chi connectivity index (χ4v) is 2.62. The van der Waals surface area contributed by atoms with E-state index in [9.17, 15) is 33.6 Å². The Morgan fingerprint density at radius 2 is 1.20 bits per heavy atom. The summed E-state index contributed by atoms with van der Waals surface area (Å²) in [4.78, 5) is 81.5. The van der Waals surface area contributed by atoms with Crippen LogP contribution in [-0.4, -0.2) is 85.5 Å². The molecule has 0 fully saturated rings. The summed E-state index contributed by atoms with van der Waals surface area (Å²) < 4.78 is 0. The summed E-state index contributed by atoms with van der Waals surface area (Å²) in [6, 6.07) is -0.848. The largest absolute Gasteiger partial charge is 0.355 e. The topological polar surface area (TPSA) is 183 Å². The van der Waals surface area contributed by atoms with Crippen molar-refractivity contribution in [2.45, 2.75) is 109 Å². The lowest BCUT2D eigenvalue weighted by Gasteiger charge is -2.22. The Morgan fingerprint density at radius 3 is 1.60 bits per heavy atom. The van der Waals surface area contributed by atoms with Gasteiger partial charge in [-0.3, -0.25) is 38.5 Å². The summed E-state index contributed by atoms with van der Waals surface area (Å²) in [6.07, 6.45) is 4.12. The Balaban J connectivity index is -0.000000277. The molecule has 0 heterocycles. The highest BCUT2D eigenvalue weighted by molar-refractivity contribution is 5.94. The minimum absolute atomic E-state index is 0.184. The highest BCUT2D eigenvalue weighted by atomic mass is 16.2. The van der Waals surface area contributed by atoms with Gasteiger partial charge in [-0.1, -0.05) is 82.2 Å². The maximum absolute atomic E-state index is 12.2. The van der Waals surface area contributed by atoms with Crippen molar-refractivity contribution < 1.29 is 33.6 Å². The molecular weight excluding hydrogens is 580 g/mol. The van der Waals surface area contributed by atoms with Crippen LogP contribution in [0.5, 0.6) is 0 Å². The number of hydrogen-bond donors (Lipinski definition) is 5. The molecule has 5 N–H and O–H groups in total. The molecule has 0 aromatic rings. The van der Waals surface area contributed by atoms with E-state index in [4.69, 9.17) is 0 Å². The standard InChI is InChI=1S/C19H35N5O5.C7H11NO2.3C2H6/c1-7-19(5,6)18(29)23-10-14(26)21-11-15(27)24-16(12(3)4)17(28)22-9-13(25)20-8-2;1-3-5-7(10)8(4-2)6-9;3*1-2/h12,16H,7-11H2,1-6H3,(H,20,25)(H,21,26)(H,22,28)(H,23,29)(H,24,27);3,5-6H,4H2,1-2H3;3*1-2H3/b;5-3-;;;. The highest BCUT2D eigenvalue weighted by Gasteiger charge is 2.26. The molecule has 13 heteroatoms. The Bertz CT molecular complexity index is 874. The van der Waals surface area contributed by atoms with E-state index in [1.54, 1.807) is 54.5 Å². The second kappa shape index (κ2) is 33.1. The summed E-state index contributed by atoms with van der Waals surface area (Å²) in [7, 11) is 0. The fourth-order valence-electron chi connectivity index (χ4n) is 2.62. The first-order valence-corrected chi connectivity index (χ1v) is 16.0. The Kier molecular flexibility index (Phi) is 37.4. The van der Waals surface area contributed by atoms with Crippen LogP contribution in [0.15, 0.2) is 12.2 Å². The predicted octanol–water partition coefficient (Wildman–Crippen LogP) is 2.69.